The number of hydrogen-bond donors (Lipinski definition) is 5. The molecule has 1 unspecified atom stereocenters. The summed E-state index contributed by atoms with van der Waals surface area (Å²) in [6.45, 7) is 1.79. The van der Waals surface area contributed by atoms with Crippen molar-refractivity contribution in [1.82, 2.24) is 15.5 Å². The number of anilines is 1. The fourth-order valence-corrected chi connectivity index (χ4v) is 1.74. The van der Waals surface area contributed by atoms with Gasteiger partial charge in [0, 0.05) is 23.5 Å². The lowest BCUT2D eigenvalue weighted by Crippen LogP contribution is -2.31. The lowest BCUT2D eigenvalue weighted by Gasteiger charge is -2.13. The number of phenols is 1. The number of urea groups is 1. The van der Waals surface area contributed by atoms with Gasteiger partial charge in [-0.15, -0.1) is 0 Å². The largest absolute Gasteiger partial charge is 0.507 e. The molecule has 0 aliphatic rings. The number of aromatic amines is 1. The number of H-pyrrole nitrogens is 1. The highest BCUT2D eigenvalue weighted by atomic mass is 16.4. The normalized spacial score (nSPS) is 11.7. The highest BCUT2D eigenvalue weighted by Crippen LogP contribution is 2.22. The number of aromatic nitrogens is 2. The molecule has 0 aliphatic heterocycles. The van der Waals surface area contributed by atoms with Gasteiger partial charge in [-0.2, -0.15) is 5.10 Å². The van der Waals surface area contributed by atoms with Gasteiger partial charge in [0.25, 0.3) is 0 Å². The lowest BCUT2D eigenvalue weighted by molar-refractivity contribution is 0.0694. The topological polar surface area (TPSA) is 127 Å². The molecule has 0 spiro atoms. The van der Waals surface area contributed by atoms with Crippen LogP contribution in [0.1, 0.15) is 28.9 Å². The Bertz CT molecular complexity index is 654. The second-order valence-electron chi connectivity index (χ2n) is 4.39. The van der Waals surface area contributed by atoms with Gasteiger partial charge in [0.1, 0.15) is 11.3 Å². The first-order valence-electron chi connectivity index (χ1n) is 6.10. The molecule has 2 amide bonds. The predicted octanol–water partition coefficient (Wildman–Crippen LogP) is 1.70. The van der Waals surface area contributed by atoms with Crippen LogP contribution in [0.5, 0.6) is 5.75 Å². The number of carboxylic acid groups (broad SMARTS) is 1. The van der Waals surface area contributed by atoms with E-state index in [4.69, 9.17) is 5.11 Å². The van der Waals surface area contributed by atoms with Crippen LogP contribution in [-0.2, 0) is 0 Å². The van der Waals surface area contributed by atoms with Gasteiger partial charge >= 0.3 is 12.0 Å². The minimum Gasteiger partial charge on any atom is -0.507 e. The standard InChI is InChI=1S/C13H14N4O4/c1-7(8-5-14-15-6-8)16-13(21)17-9-2-3-10(12(19)20)11(18)4-9/h2-7,18H,1H3,(H,14,15)(H,19,20)(H2,16,17,21). The first-order chi connectivity index (χ1) is 9.97. The molecule has 8 heteroatoms. The maximum Gasteiger partial charge on any atom is 0.339 e. The summed E-state index contributed by atoms with van der Waals surface area (Å²) in [7, 11) is 0. The third-order valence-electron chi connectivity index (χ3n) is 2.85. The van der Waals surface area contributed by atoms with Crippen molar-refractivity contribution in [3.8, 4) is 5.75 Å². The Morgan fingerprint density at radius 1 is 1.38 bits per heavy atom. The van der Waals surface area contributed by atoms with Crippen molar-refractivity contribution in [1.29, 1.82) is 0 Å². The average molecular weight is 290 g/mol. The molecule has 21 heavy (non-hydrogen) atoms. The Hall–Kier alpha value is -3.03. The molecular formula is C13H14N4O4. The second-order valence-corrected chi connectivity index (χ2v) is 4.39. The van der Waals surface area contributed by atoms with Crippen molar-refractivity contribution in [2.24, 2.45) is 0 Å². The van der Waals surface area contributed by atoms with Crippen LogP contribution in [0.25, 0.3) is 0 Å². The smallest absolute Gasteiger partial charge is 0.339 e. The maximum atomic E-state index is 11.8. The molecule has 110 valence electrons. The van der Waals surface area contributed by atoms with Crippen LogP contribution in [-0.4, -0.2) is 32.4 Å². The number of hydrogen-bond acceptors (Lipinski definition) is 4. The van der Waals surface area contributed by atoms with E-state index in [-0.39, 0.29) is 17.3 Å². The molecule has 1 aromatic heterocycles. The van der Waals surface area contributed by atoms with Crippen LogP contribution >= 0.6 is 0 Å². The monoisotopic (exact) mass is 290 g/mol. The Morgan fingerprint density at radius 2 is 2.14 bits per heavy atom. The predicted molar refractivity (Wildman–Crippen MR) is 74.2 cm³/mol. The fourth-order valence-electron chi connectivity index (χ4n) is 1.74. The fraction of sp³-hybridized carbons (Fsp3) is 0.154. The third-order valence-corrected chi connectivity index (χ3v) is 2.85. The number of amides is 2. The van der Waals surface area contributed by atoms with Crippen LogP contribution in [0.3, 0.4) is 0 Å². The summed E-state index contributed by atoms with van der Waals surface area (Å²) < 4.78 is 0. The number of aromatic carboxylic acids is 1. The molecule has 2 aromatic rings. The van der Waals surface area contributed by atoms with E-state index in [1.807, 2.05) is 0 Å². The van der Waals surface area contributed by atoms with Crippen LogP contribution < -0.4 is 10.6 Å². The highest BCUT2D eigenvalue weighted by Gasteiger charge is 2.13. The summed E-state index contributed by atoms with van der Waals surface area (Å²) in [6, 6.07) is 3.05. The Labute approximate surface area is 119 Å². The zero-order valence-corrected chi connectivity index (χ0v) is 11.1. The van der Waals surface area contributed by atoms with Gasteiger partial charge < -0.3 is 20.8 Å². The van der Waals surface area contributed by atoms with Crippen LogP contribution in [0.2, 0.25) is 0 Å². The molecule has 0 saturated heterocycles. The zero-order valence-electron chi connectivity index (χ0n) is 11.1. The van der Waals surface area contributed by atoms with Gasteiger partial charge in [-0.25, -0.2) is 9.59 Å². The van der Waals surface area contributed by atoms with E-state index >= 15 is 0 Å². The van der Waals surface area contributed by atoms with Gasteiger partial charge in [0.05, 0.1) is 12.2 Å². The van der Waals surface area contributed by atoms with Crippen LogP contribution in [0.15, 0.2) is 30.6 Å². The molecule has 1 heterocycles. The molecule has 1 atom stereocenters. The van der Waals surface area contributed by atoms with E-state index in [1.54, 1.807) is 19.3 Å². The minimum absolute atomic E-state index is 0.229. The van der Waals surface area contributed by atoms with Crippen molar-refractivity contribution in [3.63, 3.8) is 0 Å². The second kappa shape index (κ2) is 5.95. The minimum atomic E-state index is -1.24. The van der Waals surface area contributed by atoms with Crippen molar-refractivity contribution in [2.75, 3.05) is 5.32 Å². The van der Waals surface area contributed by atoms with Gasteiger partial charge in [-0.3, -0.25) is 5.10 Å². The number of nitrogens with zero attached hydrogens (tertiary/aromatic N) is 1. The first kappa shape index (κ1) is 14.4. The maximum absolute atomic E-state index is 11.8. The summed E-state index contributed by atoms with van der Waals surface area (Å²) >= 11 is 0. The van der Waals surface area contributed by atoms with E-state index in [0.717, 1.165) is 5.56 Å². The van der Waals surface area contributed by atoms with Gasteiger partial charge in [0.2, 0.25) is 0 Å². The number of benzene rings is 1. The molecule has 0 aliphatic carbocycles. The van der Waals surface area contributed by atoms with E-state index in [2.05, 4.69) is 20.8 Å². The van der Waals surface area contributed by atoms with E-state index in [1.165, 1.54) is 18.2 Å². The summed E-state index contributed by atoms with van der Waals surface area (Å²) in [4.78, 5) is 22.6. The van der Waals surface area contributed by atoms with Gasteiger partial charge in [-0.1, -0.05) is 0 Å². The van der Waals surface area contributed by atoms with Crippen molar-refractivity contribution >= 4 is 17.7 Å². The molecule has 0 saturated carbocycles. The third kappa shape index (κ3) is 3.50. The first-order valence-corrected chi connectivity index (χ1v) is 6.10. The molecule has 0 bridgehead atoms. The Morgan fingerprint density at radius 3 is 2.71 bits per heavy atom. The highest BCUT2D eigenvalue weighted by molar-refractivity contribution is 5.94. The van der Waals surface area contributed by atoms with Crippen LogP contribution in [0.4, 0.5) is 10.5 Å². The Balaban J connectivity index is 2.00. The number of carbonyl (C=O) groups excluding carboxylic acids is 1. The van der Waals surface area contributed by atoms with Crippen LogP contribution in [0, 0.1) is 0 Å². The van der Waals surface area contributed by atoms with E-state index in [0.29, 0.717) is 0 Å². The summed E-state index contributed by atoms with van der Waals surface area (Å²) in [5, 5.41) is 30.0. The number of aromatic hydroxyl groups is 1. The lowest BCUT2D eigenvalue weighted by atomic mass is 10.2. The van der Waals surface area contributed by atoms with Crippen molar-refractivity contribution in [3.05, 3.63) is 41.7 Å². The summed E-state index contributed by atoms with van der Waals surface area (Å²) in [6.07, 6.45) is 3.26. The number of carbonyl (C=O) groups is 2. The van der Waals surface area contributed by atoms with Gasteiger partial charge in [-0.05, 0) is 19.1 Å². The molecule has 5 N–H and O–H groups in total. The molecule has 0 radical (unpaired) electrons. The molecule has 0 fully saturated rings. The van der Waals surface area contributed by atoms with Crippen molar-refractivity contribution < 1.29 is 19.8 Å². The molecule has 1 aromatic carbocycles. The number of nitrogens with one attached hydrogen (secondary N) is 3. The van der Waals surface area contributed by atoms with Crippen molar-refractivity contribution in [2.45, 2.75) is 13.0 Å². The quantitative estimate of drug-likeness (QED) is 0.585. The zero-order chi connectivity index (χ0) is 15.4. The van der Waals surface area contributed by atoms with Gasteiger partial charge in [0.15, 0.2) is 0 Å². The Kier molecular flexibility index (Phi) is 4.07. The molecular weight excluding hydrogens is 276 g/mol. The summed E-state index contributed by atoms with van der Waals surface area (Å²) in [5.74, 6) is -1.65. The number of rotatable bonds is 4. The molecule has 8 nitrogen and oxygen atoms in total. The average Bonchev–Trinajstić information content (AvgIpc) is 2.91. The number of carboxylic acids is 1. The SMILES string of the molecule is CC(NC(=O)Nc1ccc(C(=O)O)c(O)c1)c1cn[nH]c1. The summed E-state index contributed by atoms with van der Waals surface area (Å²) in [5.41, 5.74) is 0.872. The van der Waals surface area contributed by atoms with E-state index in [9.17, 15) is 14.7 Å². The molecule has 2 rings (SSSR count). The van der Waals surface area contributed by atoms with E-state index < -0.39 is 17.7 Å².